The van der Waals surface area contributed by atoms with Gasteiger partial charge in [-0.3, -0.25) is 9.98 Å². The number of sulfone groups is 1. The van der Waals surface area contributed by atoms with Gasteiger partial charge in [0, 0.05) is 18.0 Å². The number of aromatic nitrogens is 3. The molecular formula is C27H34F5N5O2S. The highest BCUT2D eigenvalue weighted by Gasteiger charge is 2.57. The summed E-state index contributed by atoms with van der Waals surface area (Å²) in [6.45, 7) is 10.7. The third-order valence-electron chi connectivity index (χ3n) is 5.99. The molecule has 1 atom stereocenters. The first-order valence-corrected chi connectivity index (χ1v) is 14.3. The average Bonchev–Trinajstić information content (AvgIpc) is 3.06. The first kappa shape index (κ1) is 33.0. The van der Waals surface area contributed by atoms with Gasteiger partial charge in [0.2, 0.25) is 0 Å². The monoisotopic (exact) mass is 587 g/mol. The van der Waals surface area contributed by atoms with Crippen LogP contribution in [0.25, 0.3) is 17.7 Å². The van der Waals surface area contributed by atoms with Crippen LogP contribution < -0.4 is 0 Å². The molecular weight excluding hydrogens is 553 g/mol. The maximum Gasteiger partial charge on any atom is 0.455 e. The summed E-state index contributed by atoms with van der Waals surface area (Å²) >= 11 is 0. The smallest absolute Gasteiger partial charge is 0.324 e. The average molecular weight is 588 g/mol. The van der Waals surface area contributed by atoms with Crippen LogP contribution in [-0.2, 0) is 16.4 Å². The highest BCUT2D eigenvalue weighted by Crippen LogP contribution is 2.37. The largest absolute Gasteiger partial charge is 0.455 e. The van der Waals surface area contributed by atoms with Crippen LogP contribution in [0.5, 0.6) is 0 Å². The lowest BCUT2D eigenvalue weighted by atomic mass is 9.97. The molecule has 3 rings (SSSR count). The Morgan fingerprint density at radius 3 is 2.48 bits per heavy atom. The van der Waals surface area contributed by atoms with E-state index < -0.39 is 28.5 Å². The molecule has 2 aromatic rings. The van der Waals surface area contributed by atoms with E-state index in [-0.39, 0.29) is 33.6 Å². The Bertz CT molecular complexity index is 1380. The molecule has 0 spiro atoms. The van der Waals surface area contributed by atoms with Crippen molar-refractivity contribution >= 4 is 40.1 Å². The van der Waals surface area contributed by atoms with Crippen molar-refractivity contribution in [3.05, 3.63) is 47.8 Å². The van der Waals surface area contributed by atoms with E-state index in [2.05, 4.69) is 33.5 Å². The van der Waals surface area contributed by atoms with Gasteiger partial charge in [-0.25, -0.2) is 18.4 Å². The van der Waals surface area contributed by atoms with Crippen molar-refractivity contribution in [3.63, 3.8) is 0 Å². The van der Waals surface area contributed by atoms with E-state index in [0.29, 0.717) is 21.9 Å². The second-order valence-corrected chi connectivity index (χ2v) is 11.8. The molecule has 0 bridgehead atoms. The van der Waals surface area contributed by atoms with E-state index in [9.17, 15) is 30.4 Å². The molecule has 0 N–H and O–H groups in total. The molecule has 1 aliphatic heterocycles. The fraction of sp³-hybridized carbons (Fsp3) is 0.481. The van der Waals surface area contributed by atoms with Gasteiger partial charge in [0.25, 0.3) is 0 Å². The van der Waals surface area contributed by atoms with Gasteiger partial charge in [-0.05, 0) is 62.5 Å². The van der Waals surface area contributed by atoms with E-state index in [4.69, 9.17) is 0 Å². The highest BCUT2D eigenvalue weighted by molar-refractivity contribution is 7.91. The van der Waals surface area contributed by atoms with E-state index in [1.54, 1.807) is 33.2 Å². The summed E-state index contributed by atoms with van der Waals surface area (Å²) in [5, 5.41) is 0. The number of allylic oxidation sites excluding steroid dienone is 1. The van der Waals surface area contributed by atoms with Crippen LogP contribution in [0.2, 0.25) is 0 Å². The van der Waals surface area contributed by atoms with Gasteiger partial charge in [0.05, 0.1) is 40.6 Å². The van der Waals surface area contributed by atoms with Gasteiger partial charge in [-0.2, -0.15) is 22.0 Å². The standard InChI is InChI=1S/C21H24F5N3O2S.C6H10N2/c1-6-17-16(27-12-29(17)11-20(22,23)21(24,25)26)10-15(13(3)4)19-18(32(30,31)7-2)9-8-14(5)28-19;1-6-3-2-4-7-5-8-6/h6,8-10,12-13H,1,7,11H2,2-5H3;4-6H,2-3H2,1H3/b15-10+;. The molecule has 2 aromatic heterocycles. The zero-order valence-corrected chi connectivity index (χ0v) is 23.9. The molecule has 0 aliphatic carbocycles. The molecule has 7 nitrogen and oxygen atoms in total. The van der Waals surface area contributed by atoms with Crippen molar-refractivity contribution in [1.29, 1.82) is 0 Å². The van der Waals surface area contributed by atoms with Crippen molar-refractivity contribution in [3.8, 4) is 0 Å². The molecule has 0 saturated heterocycles. The van der Waals surface area contributed by atoms with Crippen molar-refractivity contribution in [2.24, 2.45) is 15.9 Å². The van der Waals surface area contributed by atoms with E-state index in [1.807, 2.05) is 6.21 Å². The number of aryl methyl sites for hydroxylation is 1. The summed E-state index contributed by atoms with van der Waals surface area (Å²) in [5.74, 6) is -5.39. The predicted octanol–water partition coefficient (Wildman–Crippen LogP) is 6.69. The first-order valence-electron chi connectivity index (χ1n) is 12.6. The summed E-state index contributed by atoms with van der Waals surface area (Å²) in [5.41, 5.74) is 1.20. The van der Waals surface area contributed by atoms with Crippen LogP contribution in [0.1, 0.15) is 63.3 Å². The van der Waals surface area contributed by atoms with E-state index in [1.165, 1.54) is 19.1 Å². The zero-order chi connectivity index (χ0) is 30.3. The van der Waals surface area contributed by atoms with Crippen LogP contribution in [0.15, 0.2) is 39.9 Å². The van der Waals surface area contributed by atoms with Crippen LogP contribution >= 0.6 is 0 Å². The van der Waals surface area contributed by atoms with E-state index in [0.717, 1.165) is 25.2 Å². The fourth-order valence-electron chi connectivity index (χ4n) is 3.65. The number of alkyl halides is 5. The summed E-state index contributed by atoms with van der Waals surface area (Å²) < 4.78 is 90.9. The quantitative estimate of drug-likeness (QED) is 0.322. The predicted molar refractivity (Wildman–Crippen MR) is 148 cm³/mol. The fourth-order valence-corrected chi connectivity index (χ4v) is 4.69. The lowest BCUT2D eigenvalue weighted by molar-refractivity contribution is -0.286. The second-order valence-electron chi connectivity index (χ2n) is 9.53. The highest BCUT2D eigenvalue weighted by atomic mass is 32.2. The molecule has 1 unspecified atom stereocenters. The molecule has 0 amide bonds. The Balaban J connectivity index is 0.000000598. The lowest BCUT2D eigenvalue weighted by Crippen LogP contribution is -2.40. The summed E-state index contributed by atoms with van der Waals surface area (Å²) in [6, 6.07) is 3.48. The van der Waals surface area contributed by atoms with Crippen LogP contribution in [0, 0.1) is 12.8 Å². The SMILES string of the molecule is C=Cc1c(/C=C(/c2nc(C)ccc2S(=O)(=O)CC)C(C)C)ncn1CC(F)(F)C(F)(F)F.CC1CCC=NC=N1. The summed E-state index contributed by atoms with van der Waals surface area (Å²) in [6.07, 6.45) is 3.47. The maximum atomic E-state index is 13.6. The number of halogens is 5. The third-order valence-corrected chi connectivity index (χ3v) is 7.75. The Labute approximate surface area is 231 Å². The summed E-state index contributed by atoms with van der Waals surface area (Å²) in [7, 11) is -3.64. The Hall–Kier alpha value is -3.22. The third kappa shape index (κ3) is 8.39. The molecule has 3 heterocycles. The van der Waals surface area contributed by atoms with Crippen LogP contribution in [0.3, 0.4) is 0 Å². The topological polar surface area (TPSA) is 89.6 Å². The van der Waals surface area contributed by atoms with Crippen LogP contribution in [-0.4, -0.2) is 59.4 Å². The van der Waals surface area contributed by atoms with Gasteiger partial charge in [-0.15, -0.1) is 0 Å². The van der Waals surface area contributed by atoms with Gasteiger partial charge in [-0.1, -0.05) is 27.4 Å². The Morgan fingerprint density at radius 1 is 1.23 bits per heavy atom. The van der Waals surface area contributed by atoms with Crippen molar-refractivity contribution < 1.29 is 30.4 Å². The number of aliphatic imine (C=N–C) groups is 2. The van der Waals surface area contributed by atoms with Gasteiger partial charge in [0.15, 0.2) is 9.84 Å². The maximum absolute atomic E-state index is 13.6. The van der Waals surface area contributed by atoms with Gasteiger partial charge >= 0.3 is 12.1 Å². The van der Waals surface area contributed by atoms with Crippen molar-refractivity contribution in [2.75, 3.05) is 5.75 Å². The number of pyridine rings is 1. The molecule has 220 valence electrons. The van der Waals surface area contributed by atoms with Gasteiger partial charge in [0.1, 0.15) is 6.34 Å². The normalized spacial score (nSPS) is 16.5. The van der Waals surface area contributed by atoms with Crippen LogP contribution in [0.4, 0.5) is 22.0 Å². The molecule has 0 aromatic carbocycles. The summed E-state index contributed by atoms with van der Waals surface area (Å²) in [4.78, 5) is 16.4. The molecule has 0 radical (unpaired) electrons. The Morgan fingerprint density at radius 2 is 1.90 bits per heavy atom. The number of rotatable bonds is 8. The van der Waals surface area contributed by atoms with Gasteiger partial charge < -0.3 is 4.57 Å². The zero-order valence-electron chi connectivity index (χ0n) is 23.1. The molecule has 0 saturated carbocycles. The molecule has 0 fully saturated rings. The minimum absolute atomic E-state index is 0.00809. The number of imidazole rings is 1. The lowest BCUT2D eigenvalue weighted by Gasteiger charge is -2.20. The second kappa shape index (κ2) is 13.4. The minimum atomic E-state index is -5.72. The molecule has 40 heavy (non-hydrogen) atoms. The molecule has 13 heteroatoms. The number of nitrogens with zero attached hydrogens (tertiary/aromatic N) is 5. The van der Waals surface area contributed by atoms with Crippen molar-refractivity contribution in [2.45, 2.75) is 77.0 Å². The first-order chi connectivity index (χ1) is 18.5. The number of hydrogen-bond acceptors (Lipinski definition) is 6. The minimum Gasteiger partial charge on any atom is -0.324 e. The van der Waals surface area contributed by atoms with E-state index >= 15 is 0 Å². The van der Waals surface area contributed by atoms with Crippen molar-refractivity contribution in [1.82, 2.24) is 14.5 Å². The number of hydrogen-bond donors (Lipinski definition) is 0. The Kier molecular flexibility index (Phi) is 11.1. The molecule has 1 aliphatic rings.